The standard InChI is InChI=1S/C42H72N4P2Si2/c1-49(2,3)36-21-34(35(22-37(36)50(4,5)6)42(47,38-23-43-7-9-45-38)39-24-44-8-10-46-39)25-48(40-30-13-26-11-27(15-30)16-31(40)14-26)41-32-17-28-12-29(19-32)20-33(41)18-28/h21-22,26-33,38-41,43-46H,7-20,23-25,47H2,1-6H3. The molecule has 8 aliphatic carbocycles. The Morgan fingerprint density at radius 2 is 1.00 bits per heavy atom. The average molecular weight is 751 g/mol. The van der Waals surface area contributed by atoms with Crippen LogP contribution in [-0.2, 0) is 11.3 Å². The molecule has 0 aromatic heterocycles. The molecule has 2 heterocycles. The highest BCUT2D eigenvalue weighted by Crippen LogP contribution is 2.72. The fourth-order valence-corrected chi connectivity index (χ4v) is 25.1. The van der Waals surface area contributed by atoms with Crippen LogP contribution in [0, 0.1) is 47.3 Å². The average Bonchev–Trinajstić information content (AvgIpc) is 3.06. The molecule has 1 aromatic rings. The zero-order valence-corrected chi connectivity index (χ0v) is 36.7. The molecule has 0 radical (unpaired) electrons. The monoisotopic (exact) mass is 750 g/mol. The first-order chi connectivity index (χ1) is 23.9. The van der Waals surface area contributed by atoms with E-state index in [0.29, 0.717) is 12.1 Å². The van der Waals surface area contributed by atoms with Gasteiger partial charge >= 0.3 is 0 Å². The van der Waals surface area contributed by atoms with Gasteiger partial charge in [-0.3, -0.25) is 0 Å². The van der Waals surface area contributed by atoms with E-state index in [1.807, 2.05) is 10.8 Å². The summed E-state index contributed by atoms with van der Waals surface area (Å²) in [5.41, 5.74) is 5.63. The molecule has 4 nitrogen and oxygen atoms in total. The Hall–Kier alpha value is 0.354. The lowest BCUT2D eigenvalue weighted by Crippen LogP contribution is -2.67. The van der Waals surface area contributed by atoms with Gasteiger partial charge in [-0.05, 0) is 140 Å². The summed E-state index contributed by atoms with van der Waals surface area (Å²) in [5, 5.41) is 19.5. The molecule has 50 heavy (non-hydrogen) atoms. The molecule has 1 aromatic carbocycles. The summed E-state index contributed by atoms with van der Waals surface area (Å²) in [4.78, 5) is 0. The van der Waals surface area contributed by atoms with Gasteiger partial charge < -0.3 is 21.3 Å². The fraction of sp³-hybridized carbons (Fsp3) is 0.857. The summed E-state index contributed by atoms with van der Waals surface area (Å²) in [6.45, 7) is 22.3. The molecule has 8 heteroatoms. The van der Waals surface area contributed by atoms with Crippen molar-refractivity contribution in [3.8, 4) is 0 Å². The highest BCUT2D eigenvalue weighted by atomic mass is 31.1. The second-order valence-electron chi connectivity index (χ2n) is 21.4. The van der Waals surface area contributed by atoms with Crippen LogP contribution in [0.3, 0.4) is 0 Å². The summed E-state index contributed by atoms with van der Waals surface area (Å²) in [6.07, 6.45) is 17.3. The number of hydrogen-bond acceptors (Lipinski definition) is 4. The first-order valence-electron chi connectivity index (χ1n) is 21.5. The molecule has 10 aliphatic rings. The van der Waals surface area contributed by atoms with Crippen molar-refractivity contribution in [2.45, 2.75) is 138 Å². The van der Waals surface area contributed by atoms with Crippen LogP contribution < -0.4 is 31.6 Å². The van der Waals surface area contributed by atoms with Crippen LogP contribution in [-0.4, -0.2) is 78.8 Å². The predicted octanol–water partition coefficient (Wildman–Crippen LogP) is 6.60. The molecule has 2 saturated heterocycles. The van der Waals surface area contributed by atoms with Crippen molar-refractivity contribution in [3.05, 3.63) is 23.3 Å². The maximum atomic E-state index is 4.12. The van der Waals surface area contributed by atoms with Crippen LogP contribution in [0.2, 0.25) is 39.3 Å². The van der Waals surface area contributed by atoms with Crippen LogP contribution in [0.1, 0.15) is 75.3 Å². The number of piperazine rings is 2. The van der Waals surface area contributed by atoms with Crippen molar-refractivity contribution in [1.29, 1.82) is 0 Å². The van der Waals surface area contributed by atoms with Gasteiger partial charge in [0.05, 0.1) is 16.1 Å². The molecular formula is C42H72N4P2Si2. The normalized spacial score (nSPS) is 42.9. The molecule has 8 bridgehead atoms. The number of nitrogens with one attached hydrogen (secondary N) is 4. The number of benzene rings is 1. The van der Waals surface area contributed by atoms with Gasteiger partial charge in [-0.15, -0.1) is 9.24 Å². The molecule has 3 atom stereocenters. The Labute approximate surface area is 311 Å². The number of hydrogen-bond donors (Lipinski definition) is 4. The van der Waals surface area contributed by atoms with Crippen molar-refractivity contribution in [1.82, 2.24) is 21.3 Å². The van der Waals surface area contributed by atoms with Gasteiger partial charge in [0, 0.05) is 56.5 Å². The van der Waals surface area contributed by atoms with Gasteiger partial charge in [0.25, 0.3) is 0 Å². The van der Waals surface area contributed by atoms with Crippen LogP contribution in [0.4, 0.5) is 0 Å². The van der Waals surface area contributed by atoms with E-state index in [1.165, 1.54) is 6.16 Å². The van der Waals surface area contributed by atoms with Crippen LogP contribution in [0.25, 0.3) is 0 Å². The predicted molar refractivity (Wildman–Crippen MR) is 225 cm³/mol. The first kappa shape index (κ1) is 36.0. The minimum Gasteiger partial charge on any atom is -0.314 e. The second-order valence-corrected chi connectivity index (χ2v) is 35.0. The van der Waals surface area contributed by atoms with E-state index < -0.39 is 16.1 Å². The fourth-order valence-electron chi connectivity index (χ4n) is 14.5. The first-order valence-corrected chi connectivity index (χ1v) is 30.7. The lowest BCUT2D eigenvalue weighted by atomic mass is 9.55. The van der Waals surface area contributed by atoms with E-state index in [4.69, 9.17) is 0 Å². The molecule has 8 saturated carbocycles. The quantitative estimate of drug-likeness (QED) is 0.170. The highest BCUT2D eigenvalue weighted by molar-refractivity contribution is 7.58. The van der Waals surface area contributed by atoms with E-state index in [2.05, 4.69) is 81.9 Å². The van der Waals surface area contributed by atoms with Crippen LogP contribution >= 0.6 is 17.2 Å². The van der Waals surface area contributed by atoms with Crippen LogP contribution in [0.5, 0.6) is 0 Å². The van der Waals surface area contributed by atoms with Crippen molar-refractivity contribution in [2.75, 3.05) is 39.3 Å². The Morgan fingerprint density at radius 3 is 1.36 bits per heavy atom. The maximum Gasteiger partial charge on any atom is 0.0774 e. The summed E-state index contributed by atoms with van der Waals surface area (Å²) in [6, 6.07) is 6.65. The number of rotatable bonds is 9. The van der Waals surface area contributed by atoms with Crippen molar-refractivity contribution in [2.24, 2.45) is 47.3 Å². The third-order valence-electron chi connectivity index (χ3n) is 16.0. The van der Waals surface area contributed by atoms with E-state index in [0.717, 1.165) is 97.9 Å². The molecule has 10 fully saturated rings. The van der Waals surface area contributed by atoms with Gasteiger partial charge in [0.2, 0.25) is 0 Å². The van der Waals surface area contributed by atoms with E-state index >= 15 is 0 Å². The molecule has 4 N–H and O–H groups in total. The lowest BCUT2D eigenvalue weighted by molar-refractivity contribution is 0.0129. The SMILES string of the molecule is C[Si](C)(C)c1cc(CP(C2C3CC4CC(C3)CC2C4)C2C3CC4CC(C3)CC2C4)c(C(P)(C2CNCCN2)C2CNCCN2)cc1[Si](C)(C)C. The van der Waals surface area contributed by atoms with Gasteiger partial charge in [0.15, 0.2) is 0 Å². The minimum atomic E-state index is -1.61. The smallest absolute Gasteiger partial charge is 0.0774 e. The summed E-state index contributed by atoms with van der Waals surface area (Å²) >= 11 is 0. The second kappa shape index (κ2) is 13.5. The summed E-state index contributed by atoms with van der Waals surface area (Å²) in [5.74, 6) is 8.48. The van der Waals surface area contributed by atoms with E-state index in [-0.39, 0.29) is 13.1 Å². The Kier molecular flexibility index (Phi) is 9.75. The largest absolute Gasteiger partial charge is 0.314 e. The molecule has 0 amide bonds. The van der Waals surface area contributed by atoms with Gasteiger partial charge in [-0.1, -0.05) is 69.7 Å². The van der Waals surface area contributed by atoms with E-state index in [9.17, 15) is 0 Å². The van der Waals surface area contributed by atoms with Crippen LogP contribution in [0.15, 0.2) is 12.1 Å². The third kappa shape index (κ3) is 6.38. The molecule has 3 unspecified atom stereocenters. The Bertz CT molecular complexity index is 1290. The molecule has 2 aliphatic heterocycles. The van der Waals surface area contributed by atoms with Crippen molar-refractivity contribution >= 4 is 43.7 Å². The Morgan fingerprint density at radius 1 is 0.600 bits per heavy atom. The topological polar surface area (TPSA) is 48.1 Å². The summed E-state index contributed by atoms with van der Waals surface area (Å²) in [7, 11) is 0.360. The minimum absolute atomic E-state index is 0.0579. The molecule has 278 valence electrons. The van der Waals surface area contributed by atoms with Crippen molar-refractivity contribution in [3.63, 3.8) is 0 Å². The zero-order chi connectivity index (χ0) is 34.6. The zero-order valence-electron chi connectivity index (χ0n) is 32.6. The van der Waals surface area contributed by atoms with Crippen molar-refractivity contribution < 1.29 is 0 Å². The lowest BCUT2D eigenvalue weighted by Gasteiger charge is -2.62. The van der Waals surface area contributed by atoms with Gasteiger partial charge in [-0.25, -0.2) is 0 Å². The van der Waals surface area contributed by atoms with E-state index in [1.54, 1.807) is 75.0 Å². The van der Waals surface area contributed by atoms with Gasteiger partial charge in [0.1, 0.15) is 0 Å². The third-order valence-corrected chi connectivity index (χ3v) is 25.4. The molecular weight excluding hydrogens is 679 g/mol. The highest BCUT2D eigenvalue weighted by Gasteiger charge is 2.57. The summed E-state index contributed by atoms with van der Waals surface area (Å²) < 4.78 is 0. The maximum absolute atomic E-state index is 4.12. The molecule has 11 rings (SSSR count). The van der Waals surface area contributed by atoms with Gasteiger partial charge in [-0.2, -0.15) is 0 Å². The Balaban J connectivity index is 1.21. The molecule has 0 spiro atoms.